The van der Waals surface area contributed by atoms with Crippen molar-refractivity contribution >= 4 is 11.6 Å². The first-order valence-corrected chi connectivity index (χ1v) is 10.6. The van der Waals surface area contributed by atoms with Crippen LogP contribution >= 0.6 is 0 Å². The monoisotopic (exact) mass is 410 g/mol. The highest BCUT2D eigenvalue weighted by Gasteiger charge is 2.28. The van der Waals surface area contributed by atoms with Crippen molar-refractivity contribution in [3.05, 3.63) is 78.0 Å². The summed E-state index contributed by atoms with van der Waals surface area (Å²) in [6.07, 6.45) is 4.85. The van der Waals surface area contributed by atoms with Crippen LogP contribution in [-0.2, 0) is 11.2 Å². The zero-order chi connectivity index (χ0) is 21.3. The van der Waals surface area contributed by atoms with E-state index in [0.717, 1.165) is 44.6 Å². The minimum Gasteiger partial charge on any atom is -0.384 e. The van der Waals surface area contributed by atoms with Gasteiger partial charge in [0.1, 0.15) is 11.6 Å². The molecule has 0 aromatic heterocycles. The van der Waals surface area contributed by atoms with Crippen LogP contribution in [0.2, 0.25) is 0 Å². The van der Waals surface area contributed by atoms with E-state index in [4.69, 9.17) is 5.73 Å². The number of hydrogen-bond donors (Lipinski definition) is 2. The molecule has 3 N–H and O–H groups in total. The Morgan fingerprint density at radius 2 is 1.83 bits per heavy atom. The molecule has 5 nitrogen and oxygen atoms in total. The molecule has 1 fully saturated rings. The van der Waals surface area contributed by atoms with Crippen LogP contribution in [0.15, 0.2) is 66.6 Å². The molecule has 0 aliphatic carbocycles. The molecule has 1 aliphatic rings. The average molecular weight is 411 g/mol. The minimum absolute atomic E-state index is 0.0207. The van der Waals surface area contributed by atoms with Gasteiger partial charge in [-0.2, -0.15) is 0 Å². The van der Waals surface area contributed by atoms with Crippen LogP contribution in [0.1, 0.15) is 31.7 Å². The molecular weight excluding hydrogens is 379 g/mol. The third-order valence-corrected chi connectivity index (χ3v) is 5.56. The first kappa shape index (κ1) is 21.8. The van der Waals surface area contributed by atoms with Crippen LogP contribution in [0.25, 0.3) is 0 Å². The van der Waals surface area contributed by atoms with Crippen molar-refractivity contribution < 1.29 is 9.18 Å². The lowest BCUT2D eigenvalue weighted by Crippen LogP contribution is -2.48. The number of carbonyl (C=O) groups is 1. The number of carbonyl (C=O) groups excluding carboxylic acids is 1. The summed E-state index contributed by atoms with van der Waals surface area (Å²) in [4.78, 5) is 16.8. The van der Waals surface area contributed by atoms with E-state index in [1.165, 1.54) is 17.7 Å². The van der Waals surface area contributed by atoms with Crippen LogP contribution in [0.5, 0.6) is 0 Å². The van der Waals surface area contributed by atoms with Gasteiger partial charge in [0.15, 0.2) is 0 Å². The molecule has 0 atom stereocenters. The predicted molar refractivity (Wildman–Crippen MR) is 119 cm³/mol. The number of piperidine rings is 1. The van der Waals surface area contributed by atoms with E-state index >= 15 is 0 Å². The molecule has 6 heteroatoms. The minimum atomic E-state index is -0.292. The van der Waals surface area contributed by atoms with Gasteiger partial charge in [0, 0.05) is 44.0 Å². The predicted octanol–water partition coefficient (Wildman–Crippen LogP) is 3.94. The van der Waals surface area contributed by atoms with Crippen LogP contribution in [0, 0.1) is 5.82 Å². The maximum absolute atomic E-state index is 13.1. The lowest BCUT2D eigenvalue weighted by atomic mass is 10.0. The third-order valence-electron chi connectivity index (χ3n) is 5.56. The van der Waals surface area contributed by atoms with Crippen molar-refractivity contribution in [2.75, 3.05) is 25.0 Å². The van der Waals surface area contributed by atoms with Crippen LogP contribution in [0.4, 0.5) is 10.1 Å². The Morgan fingerprint density at radius 1 is 1.17 bits per heavy atom. The SMILES string of the molecule is CCC(=O)N(/C(N)=C/Nc1ccc(F)cc1)C1CCN(CCc2ccccc2)CC1. The van der Waals surface area contributed by atoms with Gasteiger partial charge in [-0.1, -0.05) is 37.3 Å². The van der Waals surface area contributed by atoms with E-state index in [0.29, 0.717) is 12.2 Å². The van der Waals surface area contributed by atoms with Crippen molar-refractivity contribution in [1.82, 2.24) is 9.80 Å². The molecule has 160 valence electrons. The molecule has 3 rings (SSSR count). The Hall–Kier alpha value is -2.86. The lowest BCUT2D eigenvalue weighted by Gasteiger charge is -2.38. The smallest absolute Gasteiger partial charge is 0.228 e. The highest BCUT2D eigenvalue weighted by Crippen LogP contribution is 2.21. The van der Waals surface area contributed by atoms with Crippen LogP contribution in [-0.4, -0.2) is 41.4 Å². The lowest BCUT2D eigenvalue weighted by molar-refractivity contribution is -0.131. The number of anilines is 1. The van der Waals surface area contributed by atoms with Gasteiger partial charge >= 0.3 is 0 Å². The second kappa shape index (κ2) is 10.8. The van der Waals surface area contributed by atoms with E-state index in [9.17, 15) is 9.18 Å². The number of amides is 1. The molecule has 0 saturated carbocycles. The van der Waals surface area contributed by atoms with E-state index in [1.54, 1.807) is 23.2 Å². The van der Waals surface area contributed by atoms with Crippen LogP contribution < -0.4 is 11.1 Å². The maximum Gasteiger partial charge on any atom is 0.228 e. The van der Waals surface area contributed by atoms with Gasteiger partial charge in [-0.3, -0.25) is 9.69 Å². The quantitative estimate of drug-likeness (QED) is 0.692. The zero-order valence-corrected chi connectivity index (χ0v) is 17.6. The van der Waals surface area contributed by atoms with Gasteiger partial charge in [-0.15, -0.1) is 0 Å². The number of benzene rings is 2. The fraction of sp³-hybridized carbons (Fsp3) is 0.375. The topological polar surface area (TPSA) is 61.6 Å². The number of likely N-dealkylation sites (tertiary alicyclic amines) is 1. The standard InChI is InChI=1S/C24H31FN4O/c1-2-24(30)29(23(26)18-27-21-10-8-20(25)9-11-21)22-13-16-28(17-14-22)15-12-19-6-4-3-5-7-19/h3-11,18,22,27H,2,12-17,26H2,1H3/b23-18+. The molecule has 0 radical (unpaired) electrons. The summed E-state index contributed by atoms with van der Waals surface area (Å²) in [6, 6.07) is 16.6. The summed E-state index contributed by atoms with van der Waals surface area (Å²) in [5, 5.41) is 3.06. The van der Waals surface area contributed by atoms with Gasteiger partial charge in [-0.25, -0.2) is 4.39 Å². The number of nitrogens with one attached hydrogen (secondary N) is 1. The normalized spacial score (nSPS) is 15.7. The van der Waals surface area contributed by atoms with Gasteiger partial charge in [0.05, 0.1) is 0 Å². The summed E-state index contributed by atoms with van der Waals surface area (Å²) < 4.78 is 13.1. The second-order valence-electron chi connectivity index (χ2n) is 7.65. The number of nitrogens with zero attached hydrogens (tertiary/aromatic N) is 2. The van der Waals surface area contributed by atoms with Gasteiger partial charge < -0.3 is 16.0 Å². The van der Waals surface area contributed by atoms with E-state index < -0.39 is 0 Å². The van der Waals surface area contributed by atoms with Gasteiger partial charge in [0.2, 0.25) is 5.91 Å². The molecule has 0 spiro atoms. The highest BCUT2D eigenvalue weighted by atomic mass is 19.1. The van der Waals surface area contributed by atoms with Crippen molar-refractivity contribution in [3.8, 4) is 0 Å². The molecule has 1 saturated heterocycles. The van der Waals surface area contributed by atoms with Crippen molar-refractivity contribution in [2.45, 2.75) is 38.6 Å². The fourth-order valence-corrected chi connectivity index (χ4v) is 3.83. The van der Waals surface area contributed by atoms with Gasteiger partial charge in [0.25, 0.3) is 0 Å². The summed E-state index contributed by atoms with van der Waals surface area (Å²) >= 11 is 0. The molecule has 0 unspecified atom stereocenters. The molecule has 2 aromatic carbocycles. The summed E-state index contributed by atoms with van der Waals surface area (Å²) in [6.45, 7) is 4.77. The van der Waals surface area contributed by atoms with Gasteiger partial charge in [-0.05, 0) is 49.1 Å². The number of rotatable bonds is 8. The molecule has 1 heterocycles. The Morgan fingerprint density at radius 3 is 2.47 bits per heavy atom. The number of hydrogen-bond acceptors (Lipinski definition) is 4. The van der Waals surface area contributed by atoms with E-state index in [-0.39, 0.29) is 17.8 Å². The molecule has 1 amide bonds. The molecular formula is C24H31FN4O. The Kier molecular flexibility index (Phi) is 7.85. The van der Waals surface area contributed by atoms with E-state index in [1.807, 2.05) is 13.0 Å². The fourth-order valence-electron chi connectivity index (χ4n) is 3.83. The number of nitrogens with two attached hydrogens (primary N) is 1. The largest absolute Gasteiger partial charge is 0.384 e. The molecule has 30 heavy (non-hydrogen) atoms. The first-order valence-electron chi connectivity index (χ1n) is 10.6. The maximum atomic E-state index is 13.1. The molecule has 0 bridgehead atoms. The highest BCUT2D eigenvalue weighted by molar-refractivity contribution is 5.78. The summed E-state index contributed by atoms with van der Waals surface area (Å²) in [5.41, 5.74) is 8.36. The zero-order valence-electron chi connectivity index (χ0n) is 17.6. The first-order chi connectivity index (χ1) is 14.6. The Bertz CT molecular complexity index is 830. The van der Waals surface area contributed by atoms with E-state index in [2.05, 4.69) is 34.5 Å². The van der Waals surface area contributed by atoms with Crippen molar-refractivity contribution in [1.29, 1.82) is 0 Å². The Labute approximate surface area is 178 Å². The molecule has 2 aromatic rings. The summed E-state index contributed by atoms with van der Waals surface area (Å²) in [5.74, 6) is 0.126. The summed E-state index contributed by atoms with van der Waals surface area (Å²) in [7, 11) is 0. The number of halogens is 1. The van der Waals surface area contributed by atoms with Crippen molar-refractivity contribution in [2.24, 2.45) is 5.73 Å². The van der Waals surface area contributed by atoms with Crippen molar-refractivity contribution in [3.63, 3.8) is 0 Å². The Balaban J connectivity index is 1.57. The average Bonchev–Trinajstić information content (AvgIpc) is 2.79. The third kappa shape index (κ3) is 6.07. The second-order valence-corrected chi connectivity index (χ2v) is 7.65. The van der Waals surface area contributed by atoms with Crippen LogP contribution in [0.3, 0.4) is 0 Å². The molecule has 1 aliphatic heterocycles.